The first-order valence-corrected chi connectivity index (χ1v) is 5.62. The predicted octanol–water partition coefficient (Wildman–Crippen LogP) is 2.15. The van der Waals surface area contributed by atoms with Gasteiger partial charge in [-0.1, -0.05) is 0 Å². The molecule has 0 aliphatic carbocycles. The number of carbonyl (C=O) groups is 1. The third kappa shape index (κ3) is 3.35. The summed E-state index contributed by atoms with van der Waals surface area (Å²) in [4.78, 5) is 35.6. The van der Waals surface area contributed by atoms with Gasteiger partial charge in [0.15, 0.2) is 0 Å². The maximum Gasteiger partial charge on any atom is 0.278 e. The summed E-state index contributed by atoms with van der Waals surface area (Å²) < 4.78 is 0. The lowest BCUT2D eigenvalue weighted by Gasteiger charge is -2.05. The van der Waals surface area contributed by atoms with E-state index in [4.69, 9.17) is 0 Å². The Morgan fingerprint density at radius 1 is 1.10 bits per heavy atom. The fourth-order valence-electron chi connectivity index (χ4n) is 1.58. The second kappa shape index (κ2) is 5.74. The van der Waals surface area contributed by atoms with Crippen LogP contribution in [0.1, 0.15) is 10.4 Å². The largest absolute Gasteiger partial charge is 0.321 e. The zero-order chi connectivity index (χ0) is 15.4. The number of amides is 1. The summed E-state index contributed by atoms with van der Waals surface area (Å²) in [5.41, 5.74) is -0.771. The Balaban J connectivity index is 2.33. The molecule has 1 aromatic carbocycles. The van der Waals surface area contributed by atoms with Crippen molar-refractivity contribution in [2.75, 3.05) is 5.32 Å². The number of benzene rings is 1. The third-order valence-electron chi connectivity index (χ3n) is 2.51. The van der Waals surface area contributed by atoms with Crippen LogP contribution in [-0.4, -0.2) is 20.7 Å². The number of non-ortho nitro benzene ring substituents is 2. The van der Waals surface area contributed by atoms with Crippen LogP contribution in [0.25, 0.3) is 0 Å². The van der Waals surface area contributed by atoms with Crippen molar-refractivity contribution >= 4 is 23.0 Å². The van der Waals surface area contributed by atoms with Crippen molar-refractivity contribution in [3.05, 3.63) is 68.5 Å². The van der Waals surface area contributed by atoms with Crippen molar-refractivity contribution in [2.45, 2.75) is 0 Å². The third-order valence-corrected chi connectivity index (χ3v) is 2.51. The number of anilines is 1. The van der Waals surface area contributed by atoms with E-state index in [1.807, 2.05) is 0 Å². The number of aromatic nitrogens is 1. The molecule has 1 amide bonds. The average molecular weight is 288 g/mol. The van der Waals surface area contributed by atoms with Gasteiger partial charge in [-0.05, 0) is 12.1 Å². The second-order valence-corrected chi connectivity index (χ2v) is 3.95. The van der Waals surface area contributed by atoms with Gasteiger partial charge < -0.3 is 5.32 Å². The van der Waals surface area contributed by atoms with Gasteiger partial charge in [0, 0.05) is 24.5 Å². The number of hydrogen-bond donors (Lipinski definition) is 1. The second-order valence-electron chi connectivity index (χ2n) is 3.95. The van der Waals surface area contributed by atoms with E-state index in [1.165, 1.54) is 18.5 Å². The van der Waals surface area contributed by atoms with Crippen molar-refractivity contribution < 1.29 is 14.6 Å². The molecule has 0 saturated carbocycles. The van der Waals surface area contributed by atoms with Gasteiger partial charge in [0.1, 0.15) is 0 Å². The summed E-state index contributed by atoms with van der Waals surface area (Å²) in [7, 11) is 0. The highest BCUT2D eigenvalue weighted by Gasteiger charge is 2.17. The summed E-state index contributed by atoms with van der Waals surface area (Å²) in [6, 6.07) is 5.95. The van der Waals surface area contributed by atoms with Crippen LogP contribution in [0.3, 0.4) is 0 Å². The first-order valence-electron chi connectivity index (χ1n) is 5.62. The van der Waals surface area contributed by atoms with Gasteiger partial charge in [-0.25, -0.2) is 0 Å². The molecule has 0 spiro atoms. The van der Waals surface area contributed by atoms with E-state index in [1.54, 1.807) is 6.07 Å². The van der Waals surface area contributed by atoms with Crippen LogP contribution in [0.4, 0.5) is 17.1 Å². The number of nitrogens with one attached hydrogen (secondary N) is 1. The maximum absolute atomic E-state index is 11.9. The molecule has 0 fully saturated rings. The molecule has 1 N–H and O–H groups in total. The Bertz CT molecular complexity index is 685. The van der Waals surface area contributed by atoms with E-state index in [2.05, 4.69) is 10.3 Å². The normalized spacial score (nSPS) is 9.90. The highest BCUT2D eigenvalue weighted by atomic mass is 16.6. The lowest BCUT2D eigenvalue weighted by atomic mass is 10.2. The van der Waals surface area contributed by atoms with E-state index in [-0.39, 0.29) is 11.3 Å². The molecule has 2 rings (SSSR count). The van der Waals surface area contributed by atoms with Gasteiger partial charge in [-0.3, -0.25) is 30.0 Å². The van der Waals surface area contributed by atoms with Crippen molar-refractivity contribution in [3.63, 3.8) is 0 Å². The quantitative estimate of drug-likeness (QED) is 0.677. The minimum atomic E-state index is -0.771. The molecule has 0 atom stereocenters. The molecular weight excluding hydrogens is 280 g/mol. The number of pyridine rings is 1. The minimum Gasteiger partial charge on any atom is -0.321 e. The van der Waals surface area contributed by atoms with Crippen LogP contribution in [-0.2, 0) is 0 Å². The molecule has 0 radical (unpaired) electrons. The van der Waals surface area contributed by atoms with Gasteiger partial charge in [0.25, 0.3) is 17.3 Å². The molecule has 0 saturated heterocycles. The molecule has 0 aliphatic heterocycles. The molecule has 1 aromatic heterocycles. The minimum absolute atomic E-state index is 0.0373. The molecule has 21 heavy (non-hydrogen) atoms. The van der Waals surface area contributed by atoms with Crippen LogP contribution in [0.15, 0.2) is 42.7 Å². The van der Waals surface area contributed by atoms with E-state index in [0.717, 1.165) is 18.2 Å². The zero-order valence-electron chi connectivity index (χ0n) is 10.4. The van der Waals surface area contributed by atoms with E-state index in [0.29, 0.717) is 0 Å². The fourth-order valence-corrected chi connectivity index (χ4v) is 1.58. The summed E-state index contributed by atoms with van der Waals surface area (Å²) >= 11 is 0. The Morgan fingerprint density at radius 2 is 1.71 bits per heavy atom. The number of nitro groups is 2. The molecular formula is C12H8N4O5. The van der Waals surface area contributed by atoms with E-state index < -0.39 is 27.1 Å². The van der Waals surface area contributed by atoms with Crippen molar-refractivity contribution in [1.29, 1.82) is 0 Å². The van der Waals surface area contributed by atoms with Crippen molar-refractivity contribution in [3.8, 4) is 0 Å². The Morgan fingerprint density at radius 3 is 2.19 bits per heavy atom. The zero-order valence-corrected chi connectivity index (χ0v) is 10.4. The maximum atomic E-state index is 11.9. The number of nitrogens with zero attached hydrogens (tertiary/aromatic N) is 3. The number of nitro benzene ring substituents is 2. The molecule has 0 aliphatic rings. The Labute approximate surface area is 117 Å². The van der Waals surface area contributed by atoms with E-state index in [9.17, 15) is 25.0 Å². The highest BCUT2D eigenvalue weighted by Crippen LogP contribution is 2.26. The fraction of sp³-hybridized carbons (Fsp3) is 0. The lowest BCUT2D eigenvalue weighted by Crippen LogP contribution is -2.12. The van der Waals surface area contributed by atoms with Gasteiger partial charge in [-0.2, -0.15) is 0 Å². The molecule has 2 aromatic rings. The average Bonchev–Trinajstić information content (AvgIpc) is 2.47. The summed E-state index contributed by atoms with van der Waals surface area (Å²) in [5.74, 6) is -0.571. The van der Waals surface area contributed by atoms with Gasteiger partial charge in [0.2, 0.25) is 0 Å². The molecule has 1 heterocycles. The van der Waals surface area contributed by atoms with Crippen LogP contribution in [0.5, 0.6) is 0 Å². The molecule has 9 heteroatoms. The highest BCUT2D eigenvalue weighted by molar-refractivity contribution is 6.04. The molecule has 0 bridgehead atoms. The molecule has 9 nitrogen and oxygen atoms in total. The van der Waals surface area contributed by atoms with Crippen LogP contribution in [0, 0.1) is 20.2 Å². The summed E-state index contributed by atoms with van der Waals surface area (Å²) in [6.45, 7) is 0. The lowest BCUT2D eigenvalue weighted by molar-refractivity contribution is -0.394. The first-order chi connectivity index (χ1) is 9.97. The number of carbonyl (C=O) groups excluding carboxylic acids is 1. The van der Waals surface area contributed by atoms with Crippen LogP contribution >= 0.6 is 0 Å². The Hall–Kier alpha value is -3.36. The van der Waals surface area contributed by atoms with Crippen molar-refractivity contribution in [2.24, 2.45) is 0 Å². The number of rotatable bonds is 4. The number of hydrogen-bond acceptors (Lipinski definition) is 6. The van der Waals surface area contributed by atoms with Gasteiger partial charge in [0.05, 0.1) is 27.2 Å². The standard InChI is InChI=1S/C12H8N4O5/c17-12(8-2-1-3-13-7-8)14-9-4-10(15(18)19)6-11(5-9)16(20)21/h1-7H,(H,14,17). The topological polar surface area (TPSA) is 128 Å². The van der Waals surface area contributed by atoms with Crippen LogP contribution < -0.4 is 5.32 Å². The predicted molar refractivity (Wildman–Crippen MR) is 71.9 cm³/mol. The summed E-state index contributed by atoms with van der Waals surface area (Å²) in [6.07, 6.45) is 2.79. The van der Waals surface area contributed by atoms with Crippen LogP contribution in [0.2, 0.25) is 0 Å². The summed E-state index contributed by atoms with van der Waals surface area (Å²) in [5, 5.41) is 23.8. The first kappa shape index (κ1) is 14.1. The van der Waals surface area contributed by atoms with Gasteiger partial charge >= 0.3 is 0 Å². The molecule has 0 unspecified atom stereocenters. The van der Waals surface area contributed by atoms with Crippen molar-refractivity contribution in [1.82, 2.24) is 4.98 Å². The SMILES string of the molecule is O=C(Nc1cc([N+](=O)[O-])cc([N+](=O)[O-])c1)c1cccnc1. The van der Waals surface area contributed by atoms with Gasteiger partial charge in [-0.15, -0.1) is 0 Å². The monoisotopic (exact) mass is 288 g/mol. The molecule has 106 valence electrons. The Kier molecular flexibility index (Phi) is 3.84. The smallest absolute Gasteiger partial charge is 0.278 e. The van der Waals surface area contributed by atoms with E-state index >= 15 is 0 Å².